The molecule has 3 rings (SSSR count). The van der Waals surface area contributed by atoms with Crippen LogP contribution >= 0.6 is 11.6 Å². The summed E-state index contributed by atoms with van der Waals surface area (Å²) in [6, 6.07) is 14.7. The monoisotopic (exact) mass is 329 g/mol. The SMILES string of the molecule is CCOC(=O)C1C(=O)Nc2ccc(Cl)cc2C1c1ccccc1. The van der Waals surface area contributed by atoms with E-state index in [1.54, 1.807) is 25.1 Å². The number of fused-ring (bicyclic) bond motifs is 1. The summed E-state index contributed by atoms with van der Waals surface area (Å²) < 4.78 is 5.12. The average molecular weight is 330 g/mol. The van der Waals surface area contributed by atoms with Gasteiger partial charge in [0.25, 0.3) is 0 Å². The van der Waals surface area contributed by atoms with Gasteiger partial charge >= 0.3 is 5.97 Å². The van der Waals surface area contributed by atoms with Crippen LogP contribution in [0.15, 0.2) is 48.5 Å². The number of halogens is 1. The van der Waals surface area contributed by atoms with E-state index in [2.05, 4.69) is 5.32 Å². The maximum Gasteiger partial charge on any atom is 0.319 e. The fourth-order valence-electron chi connectivity index (χ4n) is 2.95. The first-order valence-corrected chi connectivity index (χ1v) is 7.81. The summed E-state index contributed by atoms with van der Waals surface area (Å²) in [5.41, 5.74) is 2.37. The molecule has 0 saturated carbocycles. The zero-order valence-corrected chi connectivity index (χ0v) is 13.3. The molecule has 1 N–H and O–H groups in total. The molecule has 1 heterocycles. The summed E-state index contributed by atoms with van der Waals surface area (Å²) in [7, 11) is 0. The quantitative estimate of drug-likeness (QED) is 0.691. The molecule has 1 aliphatic heterocycles. The third-order valence-corrected chi connectivity index (χ3v) is 4.16. The minimum atomic E-state index is -0.927. The van der Waals surface area contributed by atoms with Gasteiger partial charge in [0.15, 0.2) is 0 Å². The topological polar surface area (TPSA) is 55.4 Å². The standard InChI is InChI=1S/C18H16ClNO3/c1-2-23-18(22)16-15(11-6-4-3-5-7-11)13-10-12(19)8-9-14(13)20-17(16)21/h3-10,15-16H,2H2,1H3,(H,20,21). The molecular formula is C18H16ClNO3. The van der Waals surface area contributed by atoms with Crippen molar-refractivity contribution in [3.63, 3.8) is 0 Å². The van der Waals surface area contributed by atoms with Gasteiger partial charge in [0.2, 0.25) is 5.91 Å². The number of ether oxygens (including phenoxy) is 1. The van der Waals surface area contributed by atoms with Crippen molar-refractivity contribution < 1.29 is 14.3 Å². The van der Waals surface area contributed by atoms with Crippen LogP contribution in [-0.2, 0) is 14.3 Å². The van der Waals surface area contributed by atoms with Crippen LogP contribution in [0.3, 0.4) is 0 Å². The Morgan fingerprint density at radius 1 is 1.22 bits per heavy atom. The highest BCUT2D eigenvalue weighted by molar-refractivity contribution is 6.30. The largest absolute Gasteiger partial charge is 0.465 e. The van der Waals surface area contributed by atoms with Crippen molar-refractivity contribution in [1.82, 2.24) is 0 Å². The van der Waals surface area contributed by atoms with E-state index in [0.29, 0.717) is 10.7 Å². The van der Waals surface area contributed by atoms with Gasteiger partial charge < -0.3 is 10.1 Å². The first kappa shape index (κ1) is 15.6. The van der Waals surface area contributed by atoms with Gasteiger partial charge in [0, 0.05) is 16.6 Å². The molecule has 0 bridgehead atoms. The summed E-state index contributed by atoms with van der Waals surface area (Å²) in [6.45, 7) is 1.95. The molecule has 0 spiro atoms. The molecule has 1 amide bonds. The van der Waals surface area contributed by atoms with Crippen molar-refractivity contribution in [3.05, 3.63) is 64.7 Å². The molecule has 0 radical (unpaired) electrons. The van der Waals surface area contributed by atoms with Gasteiger partial charge in [0.1, 0.15) is 5.92 Å². The maximum atomic E-state index is 12.5. The number of benzene rings is 2. The van der Waals surface area contributed by atoms with Gasteiger partial charge in [-0.1, -0.05) is 41.9 Å². The molecule has 23 heavy (non-hydrogen) atoms. The lowest BCUT2D eigenvalue weighted by molar-refractivity contribution is -0.151. The van der Waals surface area contributed by atoms with Crippen LogP contribution in [0, 0.1) is 5.92 Å². The van der Waals surface area contributed by atoms with Crippen molar-refractivity contribution in [2.24, 2.45) is 5.92 Å². The average Bonchev–Trinajstić information content (AvgIpc) is 2.55. The fourth-order valence-corrected chi connectivity index (χ4v) is 3.13. The van der Waals surface area contributed by atoms with Crippen molar-refractivity contribution in [2.75, 3.05) is 11.9 Å². The molecule has 2 aromatic carbocycles. The van der Waals surface area contributed by atoms with Gasteiger partial charge in [-0.3, -0.25) is 9.59 Å². The van der Waals surface area contributed by atoms with E-state index < -0.39 is 17.8 Å². The van der Waals surface area contributed by atoms with Crippen LogP contribution in [0.2, 0.25) is 5.02 Å². The van der Waals surface area contributed by atoms with Crippen molar-refractivity contribution in [3.8, 4) is 0 Å². The molecule has 1 aliphatic rings. The maximum absolute atomic E-state index is 12.5. The second kappa shape index (κ2) is 6.42. The highest BCUT2D eigenvalue weighted by atomic mass is 35.5. The smallest absolute Gasteiger partial charge is 0.319 e. The van der Waals surface area contributed by atoms with Gasteiger partial charge in [-0.05, 0) is 36.2 Å². The Morgan fingerprint density at radius 3 is 2.65 bits per heavy atom. The predicted octanol–water partition coefficient (Wildman–Crippen LogP) is 3.60. The summed E-state index contributed by atoms with van der Waals surface area (Å²) >= 11 is 6.13. The second-order valence-corrected chi connectivity index (χ2v) is 5.78. The molecule has 2 unspecified atom stereocenters. The highest BCUT2D eigenvalue weighted by Gasteiger charge is 2.42. The third kappa shape index (κ3) is 2.94. The van der Waals surface area contributed by atoms with Crippen LogP contribution in [0.5, 0.6) is 0 Å². The molecule has 0 aliphatic carbocycles. The zero-order valence-electron chi connectivity index (χ0n) is 12.6. The molecule has 4 nitrogen and oxygen atoms in total. The number of carbonyl (C=O) groups is 2. The predicted molar refractivity (Wildman–Crippen MR) is 88.5 cm³/mol. The minimum absolute atomic E-state index is 0.229. The van der Waals surface area contributed by atoms with Crippen molar-refractivity contribution in [1.29, 1.82) is 0 Å². The summed E-state index contributed by atoms with van der Waals surface area (Å²) in [5, 5.41) is 3.34. The lowest BCUT2D eigenvalue weighted by Gasteiger charge is -2.32. The van der Waals surface area contributed by atoms with E-state index in [4.69, 9.17) is 16.3 Å². The Balaban J connectivity index is 2.16. The number of rotatable bonds is 3. The van der Waals surface area contributed by atoms with E-state index in [-0.39, 0.29) is 12.5 Å². The lowest BCUT2D eigenvalue weighted by atomic mass is 9.77. The minimum Gasteiger partial charge on any atom is -0.465 e. The Bertz CT molecular complexity index is 745. The van der Waals surface area contributed by atoms with E-state index in [0.717, 1.165) is 11.1 Å². The van der Waals surface area contributed by atoms with E-state index >= 15 is 0 Å². The first-order chi connectivity index (χ1) is 11.1. The number of hydrogen-bond acceptors (Lipinski definition) is 3. The molecule has 2 aromatic rings. The van der Waals surface area contributed by atoms with E-state index in [1.807, 2.05) is 30.3 Å². The summed E-state index contributed by atoms with van der Waals surface area (Å²) in [4.78, 5) is 24.9. The highest BCUT2D eigenvalue weighted by Crippen LogP contribution is 2.42. The normalized spacial score (nSPS) is 19.7. The number of anilines is 1. The van der Waals surface area contributed by atoms with Crippen LogP contribution < -0.4 is 5.32 Å². The number of nitrogens with one attached hydrogen (secondary N) is 1. The summed E-state index contributed by atoms with van der Waals surface area (Å²) in [6.07, 6.45) is 0. The van der Waals surface area contributed by atoms with Gasteiger partial charge in [-0.15, -0.1) is 0 Å². The lowest BCUT2D eigenvalue weighted by Crippen LogP contribution is -2.40. The molecule has 5 heteroatoms. The molecule has 0 aromatic heterocycles. The van der Waals surface area contributed by atoms with Crippen LogP contribution in [0.4, 0.5) is 5.69 Å². The number of esters is 1. The molecule has 2 atom stereocenters. The van der Waals surface area contributed by atoms with Gasteiger partial charge in [-0.25, -0.2) is 0 Å². The van der Waals surface area contributed by atoms with E-state index in [1.165, 1.54) is 0 Å². The van der Waals surface area contributed by atoms with Gasteiger partial charge in [-0.2, -0.15) is 0 Å². The Morgan fingerprint density at radius 2 is 1.96 bits per heavy atom. The molecular weight excluding hydrogens is 314 g/mol. The van der Waals surface area contributed by atoms with Crippen LogP contribution in [0.25, 0.3) is 0 Å². The van der Waals surface area contributed by atoms with E-state index in [9.17, 15) is 9.59 Å². The number of carbonyl (C=O) groups excluding carboxylic acids is 2. The second-order valence-electron chi connectivity index (χ2n) is 5.34. The molecule has 118 valence electrons. The first-order valence-electron chi connectivity index (χ1n) is 7.43. The zero-order chi connectivity index (χ0) is 16.4. The van der Waals surface area contributed by atoms with Crippen molar-refractivity contribution in [2.45, 2.75) is 12.8 Å². The van der Waals surface area contributed by atoms with Crippen LogP contribution in [0.1, 0.15) is 24.0 Å². The Labute approximate surface area is 139 Å². The third-order valence-electron chi connectivity index (χ3n) is 3.92. The number of amides is 1. The van der Waals surface area contributed by atoms with Crippen molar-refractivity contribution >= 4 is 29.2 Å². The van der Waals surface area contributed by atoms with Crippen LogP contribution in [-0.4, -0.2) is 18.5 Å². The Hall–Kier alpha value is -2.33. The summed E-state index contributed by atoms with van der Waals surface area (Å²) in [5.74, 6) is -2.22. The fraction of sp³-hybridized carbons (Fsp3) is 0.222. The molecule has 0 saturated heterocycles. The number of hydrogen-bond donors (Lipinski definition) is 1. The molecule has 0 fully saturated rings. The van der Waals surface area contributed by atoms with Gasteiger partial charge in [0.05, 0.1) is 6.61 Å². The Kier molecular flexibility index (Phi) is 4.35.